The maximum Gasteiger partial charge on any atom is 0.306 e. The van der Waals surface area contributed by atoms with E-state index in [-0.39, 0.29) is 37.5 Å². The number of allylic oxidation sites excluding steroid dienone is 20. The highest BCUT2D eigenvalue weighted by atomic mass is 16.6. The Morgan fingerprint density at radius 3 is 1.00 bits per heavy atom. The Balaban J connectivity index is 4.47. The van der Waals surface area contributed by atoms with Gasteiger partial charge in [-0.1, -0.05) is 213 Å². The fourth-order valence-corrected chi connectivity index (χ4v) is 6.95. The minimum Gasteiger partial charge on any atom is -0.462 e. The molecule has 6 nitrogen and oxygen atoms in total. The Labute approximate surface area is 412 Å². The molecule has 0 bridgehead atoms. The van der Waals surface area contributed by atoms with Crippen molar-refractivity contribution in [3.63, 3.8) is 0 Å². The summed E-state index contributed by atoms with van der Waals surface area (Å²) in [6.07, 6.45) is 74.8. The van der Waals surface area contributed by atoms with E-state index in [1.165, 1.54) is 57.8 Å². The number of ether oxygens (including phenoxy) is 3. The Kier molecular flexibility index (Phi) is 51.0. The van der Waals surface area contributed by atoms with Crippen LogP contribution in [0, 0.1) is 0 Å². The molecule has 0 aromatic rings. The van der Waals surface area contributed by atoms with Crippen LogP contribution < -0.4 is 0 Å². The lowest BCUT2D eigenvalue weighted by Crippen LogP contribution is -2.30. The molecule has 1 unspecified atom stereocenters. The molecule has 0 aromatic carbocycles. The Morgan fingerprint density at radius 1 is 0.313 bits per heavy atom. The first-order valence-corrected chi connectivity index (χ1v) is 27.0. The second-order valence-corrected chi connectivity index (χ2v) is 17.4. The second-order valence-electron chi connectivity index (χ2n) is 17.4. The van der Waals surface area contributed by atoms with Crippen molar-refractivity contribution < 1.29 is 28.6 Å². The molecule has 0 N–H and O–H groups in total. The predicted octanol–water partition coefficient (Wildman–Crippen LogP) is 18.1. The summed E-state index contributed by atoms with van der Waals surface area (Å²) >= 11 is 0. The topological polar surface area (TPSA) is 78.9 Å². The van der Waals surface area contributed by atoms with E-state index in [1.54, 1.807) is 0 Å². The molecule has 0 aliphatic heterocycles. The van der Waals surface area contributed by atoms with Crippen LogP contribution in [0.3, 0.4) is 0 Å². The third kappa shape index (κ3) is 52.6. The quantitative estimate of drug-likeness (QED) is 0.0262. The first kappa shape index (κ1) is 62.8. The fraction of sp³-hybridized carbons (Fsp3) is 0.623. The molecular weight excluding hydrogens is 829 g/mol. The molecule has 0 radical (unpaired) electrons. The summed E-state index contributed by atoms with van der Waals surface area (Å²) in [6.45, 7) is 6.29. The zero-order valence-corrected chi connectivity index (χ0v) is 43.1. The molecule has 1 atom stereocenters. The number of rotatable bonds is 47. The van der Waals surface area contributed by atoms with Gasteiger partial charge in [-0.05, 0) is 116 Å². The van der Waals surface area contributed by atoms with E-state index in [0.29, 0.717) is 19.3 Å². The lowest BCUT2D eigenvalue weighted by molar-refractivity contribution is -0.166. The van der Waals surface area contributed by atoms with E-state index in [2.05, 4.69) is 130 Å². The lowest BCUT2D eigenvalue weighted by atomic mass is 10.1. The van der Waals surface area contributed by atoms with Crippen LogP contribution in [0.1, 0.15) is 226 Å². The average molecular weight is 927 g/mol. The summed E-state index contributed by atoms with van der Waals surface area (Å²) < 4.78 is 16.7. The highest BCUT2D eigenvalue weighted by Crippen LogP contribution is 2.13. The molecule has 6 heteroatoms. The van der Waals surface area contributed by atoms with Crippen molar-refractivity contribution in [2.45, 2.75) is 232 Å². The third-order valence-corrected chi connectivity index (χ3v) is 10.9. The van der Waals surface area contributed by atoms with E-state index in [0.717, 1.165) is 122 Å². The number of hydrogen-bond acceptors (Lipinski definition) is 6. The van der Waals surface area contributed by atoms with Crippen molar-refractivity contribution in [1.82, 2.24) is 0 Å². The monoisotopic (exact) mass is 927 g/mol. The molecule has 0 spiro atoms. The zero-order valence-electron chi connectivity index (χ0n) is 43.1. The molecule has 0 aliphatic rings. The first-order chi connectivity index (χ1) is 33.0. The molecular formula is C61H98O6. The molecule has 0 aromatic heterocycles. The van der Waals surface area contributed by atoms with Crippen molar-refractivity contribution in [2.75, 3.05) is 13.2 Å². The maximum absolute atomic E-state index is 12.8. The highest BCUT2D eigenvalue weighted by Gasteiger charge is 2.19. The number of carbonyl (C=O) groups excluding carboxylic acids is 3. The van der Waals surface area contributed by atoms with Gasteiger partial charge in [0.25, 0.3) is 0 Å². The molecule has 378 valence electrons. The third-order valence-electron chi connectivity index (χ3n) is 10.9. The minimum absolute atomic E-state index is 0.113. The number of hydrogen-bond donors (Lipinski definition) is 0. The largest absolute Gasteiger partial charge is 0.462 e. The minimum atomic E-state index is -0.821. The van der Waals surface area contributed by atoms with Crippen molar-refractivity contribution in [3.8, 4) is 0 Å². The summed E-state index contributed by atoms with van der Waals surface area (Å²) in [4.78, 5) is 38.0. The smallest absolute Gasteiger partial charge is 0.306 e. The Hall–Kier alpha value is -4.19. The van der Waals surface area contributed by atoms with Crippen LogP contribution in [0.2, 0.25) is 0 Å². The fourth-order valence-electron chi connectivity index (χ4n) is 6.95. The second kappa shape index (κ2) is 54.4. The number of esters is 3. The van der Waals surface area contributed by atoms with Gasteiger partial charge < -0.3 is 14.2 Å². The molecule has 0 fully saturated rings. The van der Waals surface area contributed by atoms with Crippen molar-refractivity contribution in [2.24, 2.45) is 0 Å². The van der Waals surface area contributed by atoms with Gasteiger partial charge >= 0.3 is 17.9 Å². The van der Waals surface area contributed by atoms with E-state index >= 15 is 0 Å². The molecule has 0 saturated heterocycles. The summed E-state index contributed by atoms with van der Waals surface area (Å²) in [5.74, 6) is -1.02. The lowest BCUT2D eigenvalue weighted by Gasteiger charge is -2.18. The Bertz CT molecular complexity index is 1440. The highest BCUT2D eigenvalue weighted by molar-refractivity contribution is 5.71. The molecule has 0 amide bonds. The molecule has 0 rings (SSSR count). The van der Waals surface area contributed by atoms with Crippen LogP contribution in [-0.2, 0) is 28.6 Å². The predicted molar refractivity (Wildman–Crippen MR) is 288 cm³/mol. The standard InChI is InChI=1S/C61H98O6/c1-4-7-10-13-16-19-22-25-27-28-29-30-31-32-34-36-39-42-45-48-51-54-60(63)66-57-58(56-65-59(62)53-50-47-44-41-38-35-24-21-18-15-12-9-6-3)67-61(64)55-52-49-46-43-40-37-33-26-23-20-17-14-11-8-5-2/h7,9-10,12,16-21,25-27,29-30,33,35,38,44,47,58H,4-6,8,11,13-15,22-24,28,31-32,34,36-37,39-43,45-46,48-57H2,1-3H3/b10-7-,12-9-,19-16-,20-17-,21-18-,27-25-,30-29-,33-26-,38-35-,47-44-. The van der Waals surface area contributed by atoms with Crippen molar-refractivity contribution in [3.05, 3.63) is 122 Å². The summed E-state index contributed by atoms with van der Waals surface area (Å²) in [6, 6.07) is 0. The molecule has 0 saturated carbocycles. The summed E-state index contributed by atoms with van der Waals surface area (Å²) in [7, 11) is 0. The SMILES string of the molecule is CC/C=C\C/C=C\C/C=C\C/C=C\CCCCCCCCCCC(=O)OCC(COC(=O)CC/C=C\C/C=C\C/C=C\C/C=C\CC)OC(=O)CCCCCCC/C=C\C/C=C\CCCCC. The summed E-state index contributed by atoms with van der Waals surface area (Å²) in [5.41, 5.74) is 0. The van der Waals surface area contributed by atoms with Gasteiger partial charge in [0.15, 0.2) is 6.10 Å². The zero-order chi connectivity index (χ0) is 48.6. The van der Waals surface area contributed by atoms with Crippen molar-refractivity contribution >= 4 is 17.9 Å². The van der Waals surface area contributed by atoms with E-state index in [9.17, 15) is 14.4 Å². The first-order valence-electron chi connectivity index (χ1n) is 27.0. The van der Waals surface area contributed by atoms with Crippen LogP contribution in [0.15, 0.2) is 122 Å². The van der Waals surface area contributed by atoms with Crippen LogP contribution >= 0.6 is 0 Å². The van der Waals surface area contributed by atoms with Crippen LogP contribution in [-0.4, -0.2) is 37.2 Å². The molecule has 67 heavy (non-hydrogen) atoms. The van der Waals surface area contributed by atoms with Gasteiger partial charge in [-0.3, -0.25) is 14.4 Å². The van der Waals surface area contributed by atoms with Crippen LogP contribution in [0.4, 0.5) is 0 Å². The number of carbonyl (C=O) groups is 3. The summed E-state index contributed by atoms with van der Waals surface area (Å²) in [5, 5.41) is 0. The van der Waals surface area contributed by atoms with Crippen LogP contribution in [0.5, 0.6) is 0 Å². The van der Waals surface area contributed by atoms with Gasteiger partial charge in [0, 0.05) is 19.3 Å². The molecule has 0 heterocycles. The normalized spacial score (nSPS) is 13.1. The van der Waals surface area contributed by atoms with Gasteiger partial charge in [-0.25, -0.2) is 0 Å². The van der Waals surface area contributed by atoms with E-state index < -0.39 is 6.10 Å². The van der Waals surface area contributed by atoms with Gasteiger partial charge in [-0.2, -0.15) is 0 Å². The van der Waals surface area contributed by atoms with Crippen molar-refractivity contribution in [1.29, 1.82) is 0 Å². The van der Waals surface area contributed by atoms with Crippen LogP contribution in [0.25, 0.3) is 0 Å². The van der Waals surface area contributed by atoms with Gasteiger partial charge in [0.2, 0.25) is 0 Å². The average Bonchev–Trinajstić information content (AvgIpc) is 3.33. The van der Waals surface area contributed by atoms with E-state index in [4.69, 9.17) is 14.2 Å². The number of unbranched alkanes of at least 4 members (excludes halogenated alkanes) is 16. The van der Waals surface area contributed by atoms with Gasteiger partial charge in [0.05, 0.1) is 0 Å². The Morgan fingerprint density at radius 2 is 0.612 bits per heavy atom. The van der Waals surface area contributed by atoms with E-state index in [1.807, 2.05) is 12.2 Å². The van der Waals surface area contributed by atoms with Gasteiger partial charge in [-0.15, -0.1) is 0 Å². The van der Waals surface area contributed by atoms with Gasteiger partial charge in [0.1, 0.15) is 13.2 Å². The molecule has 0 aliphatic carbocycles. The maximum atomic E-state index is 12.8.